The zero-order valence-electron chi connectivity index (χ0n) is 11.4. The number of carboxylic acids is 1. The van der Waals surface area contributed by atoms with E-state index in [9.17, 15) is 13.2 Å². The van der Waals surface area contributed by atoms with E-state index in [-0.39, 0.29) is 5.03 Å². The van der Waals surface area contributed by atoms with Crippen LogP contribution in [0.2, 0.25) is 0 Å². The van der Waals surface area contributed by atoms with Gasteiger partial charge >= 0.3 is 5.97 Å². The summed E-state index contributed by atoms with van der Waals surface area (Å²) in [7, 11) is -3.93. The molecule has 1 heterocycles. The van der Waals surface area contributed by atoms with E-state index in [2.05, 4.69) is 14.7 Å². The lowest BCUT2D eigenvalue weighted by molar-refractivity contribution is -0.141. The van der Waals surface area contributed by atoms with Gasteiger partial charge in [0.2, 0.25) is 0 Å². The molecule has 1 aromatic rings. The minimum atomic E-state index is -3.93. The second kappa shape index (κ2) is 5.30. The number of nitrogens with one attached hydrogen (secondary N) is 2. The van der Waals surface area contributed by atoms with Crippen molar-refractivity contribution < 1.29 is 18.3 Å². The summed E-state index contributed by atoms with van der Waals surface area (Å²) in [4.78, 5) is 17.7. The molecule has 19 heavy (non-hydrogen) atoms. The zero-order chi connectivity index (χ0) is 14.8. The maximum absolute atomic E-state index is 12.1. The van der Waals surface area contributed by atoms with Gasteiger partial charge in [0.25, 0.3) is 10.0 Å². The number of carbonyl (C=O) groups is 1. The second-order valence-electron chi connectivity index (χ2n) is 5.31. The highest BCUT2D eigenvalue weighted by atomic mass is 32.2. The van der Waals surface area contributed by atoms with Gasteiger partial charge in [-0.3, -0.25) is 4.79 Å². The largest absolute Gasteiger partial charge is 0.480 e. The molecule has 108 valence electrons. The molecule has 1 unspecified atom stereocenters. The minimum Gasteiger partial charge on any atom is -0.480 e. The fourth-order valence-electron chi connectivity index (χ4n) is 1.48. The maximum Gasteiger partial charge on any atom is 0.322 e. The van der Waals surface area contributed by atoms with Crippen molar-refractivity contribution in [3.05, 3.63) is 12.0 Å². The third-order valence-corrected chi connectivity index (χ3v) is 3.95. The van der Waals surface area contributed by atoms with Crippen molar-refractivity contribution in [2.75, 3.05) is 0 Å². The zero-order valence-corrected chi connectivity index (χ0v) is 12.2. The molecule has 1 atom stereocenters. The Morgan fingerprint density at radius 1 is 1.53 bits per heavy atom. The number of sulfonamides is 1. The molecular formula is C11H19N3O4S. The average molecular weight is 289 g/mol. The molecule has 0 aliphatic rings. The second-order valence-corrected chi connectivity index (χ2v) is 6.99. The van der Waals surface area contributed by atoms with Gasteiger partial charge in [0.15, 0.2) is 5.03 Å². The first-order valence-corrected chi connectivity index (χ1v) is 7.35. The van der Waals surface area contributed by atoms with E-state index in [4.69, 9.17) is 5.11 Å². The quantitative estimate of drug-likeness (QED) is 0.740. The van der Waals surface area contributed by atoms with Gasteiger partial charge in [0.05, 0.1) is 6.20 Å². The third kappa shape index (κ3) is 3.77. The number of hydrogen-bond acceptors (Lipinski definition) is 4. The third-order valence-electron chi connectivity index (χ3n) is 2.62. The number of aryl methyl sites for hydroxylation is 1. The summed E-state index contributed by atoms with van der Waals surface area (Å²) < 4.78 is 26.3. The van der Waals surface area contributed by atoms with E-state index in [1.54, 1.807) is 20.8 Å². The van der Waals surface area contributed by atoms with Gasteiger partial charge < -0.3 is 10.1 Å². The first-order valence-electron chi connectivity index (χ1n) is 5.87. The number of nitrogens with zero attached hydrogens (tertiary/aromatic N) is 1. The van der Waals surface area contributed by atoms with E-state index in [1.807, 2.05) is 6.92 Å². The summed E-state index contributed by atoms with van der Waals surface area (Å²) in [6.45, 7) is 6.79. The Morgan fingerprint density at radius 3 is 2.47 bits per heavy atom. The highest BCUT2D eigenvalue weighted by molar-refractivity contribution is 7.89. The fourth-order valence-corrected chi connectivity index (χ4v) is 2.81. The van der Waals surface area contributed by atoms with E-state index in [1.165, 1.54) is 6.20 Å². The predicted molar refractivity (Wildman–Crippen MR) is 69.2 cm³/mol. The van der Waals surface area contributed by atoms with Gasteiger partial charge in [-0.1, -0.05) is 27.7 Å². The van der Waals surface area contributed by atoms with Crippen molar-refractivity contribution >= 4 is 16.0 Å². The van der Waals surface area contributed by atoms with Crippen LogP contribution < -0.4 is 4.72 Å². The Hall–Kier alpha value is -1.41. The van der Waals surface area contributed by atoms with Crippen LogP contribution in [0, 0.1) is 5.41 Å². The molecule has 0 amide bonds. The molecule has 1 rings (SSSR count). The minimum absolute atomic E-state index is 0.125. The number of carboxylic acid groups (broad SMARTS) is 1. The fraction of sp³-hybridized carbons (Fsp3) is 0.636. The SMILES string of the molecule is CCc1ncc(S(=O)(=O)NC(C(=O)O)C(C)(C)C)[nH]1. The summed E-state index contributed by atoms with van der Waals surface area (Å²) in [5, 5.41) is 8.99. The molecule has 0 saturated heterocycles. The normalized spacial score (nSPS) is 14.3. The van der Waals surface area contributed by atoms with Crippen molar-refractivity contribution in [2.24, 2.45) is 5.41 Å². The first-order chi connectivity index (χ1) is 8.58. The number of aromatic amines is 1. The van der Waals surface area contributed by atoms with Gasteiger partial charge in [-0.2, -0.15) is 4.72 Å². The monoisotopic (exact) mass is 289 g/mol. The van der Waals surface area contributed by atoms with Crippen LogP contribution in [-0.4, -0.2) is 35.5 Å². The van der Waals surface area contributed by atoms with Crippen LogP contribution >= 0.6 is 0 Å². The Labute approximate surface area is 112 Å². The van der Waals surface area contributed by atoms with Crippen LogP contribution in [0.25, 0.3) is 0 Å². The number of imidazole rings is 1. The molecule has 0 aliphatic heterocycles. The Bertz CT molecular complexity index is 557. The number of rotatable bonds is 5. The van der Waals surface area contributed by atoms with Crippen molar-refractivity contribution in [3.8, 4) is 0 Å². The van der Waals surface area contributed by atoms with Gasteiger partial charge in [0, 0.05) is 6.42 Å². The highest BCUT2D eigenvalue weighted by Gasteiger charge is 2.35. The van der Waals surface area contributed by atoms with Gasteiger partial charge in [0.1, 0.15) is 11.9 Å². The van der Waals surface area contributed by atoms with Crippen LogP contribution in [0.5, 0.6) is 0 Å². The molecule has 0 bridgehead atoms. The topological polar surface area (TPSA) is 112 Å². The Kier molecular flexibility index (Phi) is 4.36. The molecule has 1 aromatic heterocycles. The Balaban J connectivity index is 3.04. The van der Waals surface area contributed by atoms with E-state index in [0.717, 1.165) is 0 Å². The molecule has 7 nitrogen and oxygen atoms in total. The van der Waals surface area contributed by atoms with Crippen LogP contribution in [0.4, 0.5) is 0 Å². The molecular weight excluding hydrogens is 270 g/mol. The van der Waals surface area contributed by atoms with Crippen molar-refractivity contribution in [1.29, 1.82) is 0 Å². The molecule has 0 radical (unpaired) electrons. The van der Waals surface area contributed by atoms with Crippen LogP contribution in [0.3, 0.4) is 0 Å². The van der Waals surface area contributed by atoms with E-state index in [0.29, 0.717) is 12.2 Å². The van der Waals surface area contributed by atoms with Gasteiger partial charge in [-0.15, -0.1) is 0 Å². The molecule has 0 aromatic carbocycles. The number of aromatic nitrogens is 2. The van der Waals surface area contributed by atoms with Crippen LogP contribution in [0.15, 0.2) is 11.2 Å². The standard InChI is InChI=1S/C11H19N3O4S/c1-5-7-12-6-8(13-7)19(17,18)14-9(10(15)16)11(2,3)4/h6,9,14H,5H2,1-4H3,(H,12,13)(H,15,16). The average Bonchev–Trinajstić information content (AvgIpc) is 2.73. The number of H-pyrrole nitrogens is 1. The van der Waals surface area contributed by atoms with Crippen molar-refractivity contribution in [2.45, 2.75) is 45.2 Å². The van der Waals surface area contributed by atoms with Crippen molar-refractivity contribution in [1.82, 2.24) is 14.7 Å². The lowest BCUT2D eigenvalue weighted by atomic mass is 9.88. The summed E-state index contributed by atoms with van der Waals surface area (Å²) in [6.07, 6.45) is 1.75. The van der Waals surface area contributed by atoms with Crippen LogP contribution in [0.1, 0.15) is 33.5 Å². The predicted octanol–water partition coefficient (Wildman–Crippen LogP) is 0.750. The van der Waals surface area contributed by atoms with Gasteiger partial charge in [-0.05, 0) is 5.41 Å². The van der Waals surface area contributed by atoms with Crippen molar-refractivity contribution in [3.63, 3.8) is 0 Å². The van der Waals surface area contributed by atoms with E-state index < -0.39 is 27.4 Å². The number of aliphatic carboxylic acids is 1. The summed E-state index contributed by atoms with van der Waals surface area (Å²) in [5.74, 6) is -0.686. The maximum atomic E-state index is 12.1. The van der Waals surface area contributed by atoms with Crippen LogP contribution in [-0.2, 0) is 21.2 Å². The molecule has 3 N–H and O–H groups in total. The summed E-state index contributed by atoms with van der Waals surface area (Å²) in [6, 6.07) is -1.22. The summed E-state index contributed by atoms with van der Waals surface area (Å²) >= 11 is 0. The molecule has 0 saturated carbocycles. The lowest BCUT2D eigenvalue weighted by Crippen LogP contribution is -2.49. The molecule has 8 heteroatoms. The smallest absolute Gasteiger partial charge is 0.322 e. The van der Waals surface area contributed by atoms with Gasteiger partial charge in [-0.25, -0.2) is 13.4 Å². The Morgan fingerprint density at radius 2 is 2.11 bits per heavy atom. The first kappa shape index (κ1) is 15.6. The molecule has 0 spiro atoms. The molecule has 0 fully saturated rings. The highest BCUT2D eigenvalue weighted by Crippen LogP contribution is 2.21. The van der Waals surface area contributed by atoms with E-state index >= 15 is 0 Å². The summed E-state index contributed by atoms with van der Waals surface area (Å²) in [5.41, 5.74) is -0.744. The number of hydrogen-bond donors (Lipinski definition) is 3. The lowest BCUT2D eigenvalue weighted by Gasteiger charge is -2.27. The molecule has 0 aliphatic carbocycles.